The van der Waals surface area contributed by atoms with Crippen molar-refractivity contribution in [3.8, 4) is 0 Å². The van der Waals surface area contributed by atoms with Gasteiger partial charge in [0.15, 0.2) is 11.7 Å². The molecule has 19 heavy (non-hydrogen) atoms. The molecular weight excluding hydrogens is 246 g/mol. The second kappa shape index (κ2) is 6.33. The van der Waals surface area contributed by atoms with E-state index in [1.807, 2.05) is 4.90 Å². The highest BCUT2D eigenvalue weighted by Gasteiger charge is 2.25. The normalized spacial score (nSPS) is 21.2. The lowest BCUT2D eigenvalue weighted by Gasteiger charge is -2.30. The van der Waals surface area contributed by atoms with Crippen molar-refractivity contribution in [2.45, 2.75) is 31.7 Å². The molecule has 1 aliphatic heterocycles. The van der Waals surface area contributed by atoms with E-state index in [-0.39, 0.29) is 18.5 Å². The molecule has 1 unspecified atom stereocenters. The Hall–Kier alpha value is -1.89. The largest absolute Gasteiger partial charge is 0.409 e. The molecule has 1 fully saturated rings. The molecule has 1 atom stereocenters. The maximum atomic E-state index is 9.53. The average Bonchev–Trinajstić information content (AvgIpc) is 2.71. The zero-order valence-corrected chi connectivity index (χ0v) is 10.7. The van der Waals surface area contributed by atoms with E-state index in [4.69, 9.17) is 10.9 Å². The highest BCUT2D eigenvalue weighted by Crippen LogP contribution is 2.24. The molecule has 1 aromatic heterocycles. The maximum absolute atomic E-state index is 9.53. The van der Waals surface area contributed by atoms with Crippen LogP contribution < -0.4 is 10.6 Å². The van der Waals surface area contributed by atoms with Gasteiger partial charge in [-0.05, 0) is 18.9 Å². The molecule has 1 aliphatic rings. The fourth-order valence-corrected chi connectivity index (χ4v) is 2.44. The number of amidine groups is 1. The minimum Gasteiger partial charge on any atom is -0.409 e. The van der Waals surface area contributed by atoms with Crippen molar-refractivity contribution >= 4 is 11.7 Å². The zero-order valence-electron chi connectivity index (χ0n) is 10.7. The quantitative estimate of drug-likeness (QED) is 0.314. The van der Waals surface area contributed by atoms with Gasteiger partial charge < -0.3 is 20.9 Å². The van der Waals surface area contributed by atoms with Gasteiger partial charge in [0.1, 0.15) is 0 Å². The number of rotatable bonds is 3. The monoisotopic (exact) mass is 265 g/mol. The molecule has 104 valence electrons. The van der Waals surface area contributed by atoms with Crippen molar-refractivity contribution in [3.63, 3.8) is 0 Å². The molecule has 1 aromatic rings. The van der Waals surface area contributed by atoms with Crippen LogP contribution in [0.3, 0.4) is 0 Å². The molecule has 0 bridgehead atoms. The number of aliphatic hydroxyl groups excluding tert-OH is 1. The van der Waals surface area contributed by atoms with Crippen molar-refractivity contribution in [2.75, 3.05) is 18.1 Å². The van der Waals surface area contributed by atoms with Crippen LogP contribution in [-0.4, -0.2) is 45.5 Å². The molecule has 0 aliphatic carbocycles. The van der Waals surface area contributed by atoms with Crippen molar-refractivity contribution in [1.29, 1.82) is 0 Å². The standard InChI is InChI=1S/C12H19N5O2/c13-11(16-19)10-5-6-14-15-12(10)17-7-3-1-2-4-9(17)8-18/h5-6,9,18-19H,1-4,7-8H2,(H2,13,16). The van der Waals surface area contributed by atoms with Gasteiger partial charge in [-0.2, -0.15) is 5.10 Å². The van der Waals surface area contributed by atoms with Crippen molar-refractivity contribution in [1.82, 2.24) is 10.2 Å². The number of nitrogens with zero attached hydrogens (tertiary/aromatic N) is 4. The molecule has 7 heteroatoms. The third-order valence-corrected chi connectivity index (χ3v) is 3.44. The Bertz CT molecular complexity index is 452. The molecule has 0 radical (unpaired) electrons. The van der Waals surface area contributed by atoms with E-state index in [0.29, 0.717) is 11.4 Å². The molecule has 0 aromatic carbocycles. The van der Waals surface area contributed by atoms with Crippen LogP contribution in [0.15, 0.2) is 17.4 Å². The van der Waals surface area contributed by atoms with Crippen molar-refractivity contribution in [2.24, 2.45) is 10.9 Å². The van der Waals surface area contributed by atoms with Gasteiger partial charge in [-0.25, -0.2) is 0 Å². The SMILES string of the molecule is N/C(=N/O)c1ccnnc1N1CCCCCC1CO. The third-order valence-electron chi connectivity index (χ3n) is 3.44. The lowest BCUT2D eigenvalue weighted by atomic mass is 10.1. The Balaban J connectivity index is 2.38. The van der Waals surface area contributed by atoms with Gasteiger partial charge in [-0.1, -0.05) is 18.0 Å². The van der Waals surface area contributed by atoms with E-state index in [9.17, 15) is 5.11 Å². The Morgan fingerprint density at radius 2 is 2.32 bits per heavy atom. The highest BCUT2D eigenvalue weighted by atomic mass is 16.4. The molecule has 0 saturated carbocycles. The van der Waals surface area contributed by atoms with E-state index in [2.05, 4.69) is 15.4 Å². The third kappa shape index (κ3) is 2.93. The summed E-state index contributed by atoms with van der Waals surface area (Å²) in [5, 5.41) is 29.4. The van der Waals surface area contributed by atoms with Crippen LogP contribution in [0.25, 0.3) is 0 Å². The highest BCUT2D eigenvalue weighted by molar-refractivity contribution is 6.01. The van der Waals surface area contributed by atoms with Gasteiger partial charge in [-0.15, -0.1) is 5.10 Å². The van der Waals surface area contributed by atoms with E-state index < -0.39 is 0 Å². The molecular formula is C12H19N5O2. The summed E-state index contributed by atoms with van der Waals surface area (Å²) >= 11 is 0. The number of hydrogen-bond acceptors (Lipinski definition) is 6. The maximum Gasteiger partial charge on any atom is 0.173 e. The summed E-state index contributed by atoms with van der Waals surface area (Å²) in [4.78, 5) is 2.01. The first-order valence-electron chi connectivity index (χ1n) is 6.45. The Labute approximate surface area is 111 Å². The van der Waals surface area contributed by atoms with Crippen molar-refractivity contribution in [3.05, 3.63) is 17.8 Å². The van der Waals surface area contributed by atoms with Crippen molar-refractivity contribution < 1.29 is 10.3 Å². The first-order valence-corrected chi connectivity index (χ1v) is 6.45. The van der Waals surface area contributed by atoms with Gasteiger partial charge in [-0.3, -0.25) is 0 Å². The summed E-state index contributed by atoms with van der Waals surface area (Å²) in [6, 6.07) is 1.67. The predicted octanol–water partition coefficient (Wildman–Crippen LogP) is 0.312. The number of anilines is 1. The first kappa shape index (κ1) is 13.5. The van der Waals surface area contributed by atoms with Crippen LogP contribution in [0.5, 0.6) is 0 Å². The minimum absolute atomic E-state index is 0.00411. The molecule has 2 rings (SSSR count). The number of oxime groups is 1. The van der Waals surface area contributed by atoms with Crippen LogP contribution in [0.4, 0.5) is 5.82 Å². The lowest BCUT2D eigenvalue weighted by Crippen LogP contribution is -2.39. The second-order valence-corrected chi connectivity index (χ2v) is 4.63. The van der Waals surface area contributed by atoms with Gasteiger partial charge >= 0.3 is 0 Å². The minimum atomic E-state index is 0.00411. The smallest absolute Gasteiger partial charge is 0.173 e. The zero-order chi connectivity index (χ0) is 13.7. The summed E-state index contributed by atoms with van der Waals surface area (Å²) < 4.78 is 0. The topological polar surface area (TPSA) is 108 Å². The molecule has 1 saturated heterocycles. The molecule has 4 N–H and O–H groups in total. The van der Waals surface area contributed by atoms with E-state index in [0.717, 1.165) is 32.2 Å². The Kier molecular flexibility index (Phi) is 4.51. The van der Waals surface area contributed by atoms with Gasteiger partial charge in [0.25, 0.3) is 0 Å². The summed E-state index contributed by atoms with van der Waals surface area (Å²) in [7, 11) is 0. The summed E-state index contributed by atoms with van der Waals surface area (Å²) in [6.45, 7) is 0.849. The van der Waals surface area contributed by atoms with Crippen LogP contribution >= 0.6 is 0 Å². The molecule has 0 amide bonds. The molecule has 0 spiro atoms. The fourth-order valence-electron chi connectivity index (χ4n) is 2.44. The number of hydrogen-bond donors (Lipinski definition) is 3. The van der Waals surface area contributed by atoms with Crippen LogP contribution in [-0.2, 0) is 0 Å². The van der Waals surface area contributed by atoms with Gasteiger partial charge in [0, 0.05) is 6.54 Å². The second-order valence-electron chi connectivity index (χ2n) is 4.63. The summed E-state index contributed by atoms with van der Waals surface area (Å²) in [5.74, 6) is 0.574. The van der Waals surface area contributed by atoms with Crippen LogP contribution in [0.1, 0.15) is 31.2 Å². The summed E-state index contributed by atoms with van der Waals surface area (Å²) in [6.07, 6.45) is 5.65. The molecule has 7 nitrogen and oxygen atoms in total. The number of nitrogens with two attached hydrogens (primary N) is 1. The number of aromatic nitrogens is 2. The number of aliphatic hydroxyl groups is 1. The van der Waals surface area contributed by atoms with Gasteiger partial charge in [0.05, 0.1) is 24.4 Å². The first-order chi connectivity index (χ1) is 9.27. The van der Waals surface area contributed by atoms with Crippen LogP contribution in [0.2, 0.25) is 0 Å². The molecule has 2 heterocycles. The average molecular weight is 265 g/mol. The Morgan fingerprint density at radius 3 is 3.05 bits per heavy atom. The van der Waals surface area contributed by atoms with E-state index in [1.165, 1.54) is 6.20 Å². The predicted molar refractivity (Wildman–Crippen MR) is 71.2 cm³/mol. The Morgan fingerprint density at radius 1 is 1.47 bits per heavy atom. The lowest BCUT2D eigenvalue weighted by molar-refractivity contribution is 0.254. The fraction of sp³-hybridized carbons (Fsp3) is 0.583. The van der Waals surface area contributed by atoms with E-state index in [1.54, 1.807) is 6.07 Å². The van der Waals surface area contributed by atoms with Gasteiger partial charge in [0.2, 0.25) is 0 Å². The summed E-state index contributed by atoms with van der Waals surface area (Å²) in [5.41, 5.74) is 6.21. The van der Waals surface area contributed by atoms with E-state index >= 15 is 0 Å². The van der Waals surface area contributed by atoms with Crippen LogP contribution in [0, 0.1) is 0 Å².